The standard InChI is InChI=1S/C46H76N12O14/c1-5-25(2)37(45(70)54-32(12-7-9-19-48)41(66)53-31(11-6-8-18-47)42(67)57-35(24-60)46(71)72)58-44(69)34(23-59)56-43(68)33(21-28-14-16-29(61)17-15-28)55-39(64)27(4)51-36(62)22-50-38(63)26(3)52-40(65)30-13-10-20-49-30/h14-17,25-27,30-35,37,49,59-61H,5-13,18-24,47-48H2,1-4H3,(H,50,63)(H,51,62)(H,52,65)(H,53,66)(H,54,70)(H,55,64)(H,56,68)(H,57,67)(H,58,69)(H,71,72)/t25-,26+,27-,30-,31-,32-,33-,34-,35-,37-/m0/s1. The Labute approximate surface area is 418 Å². The van der Waals surface area contributed by atoms with Gasteiger partial charge in [-0.2, -0.15) is 0 Å². The molecule has 1 aromatic carbocycles. The number of aliphatic hydroxyl groups excluding tert-OH is 2. The van der Waals surface area contributed by atoms with Crippen molar-refractivity contribution in [3.05, 3.63) is 29.8 Å². The van der Waals surface area contributed by atoms with Gasteiger partial charge in [0.25, 0.3) is 0 Å². The van der Waals surface area contributed by atoms with Gasteiger partial charge in [0.2, 0.25) is 53.2 Å². The van der Waals surface area contributed by atoms with Crippen LogP contribution in [0.1, 0.15) is 91.0 Å². The molecule has 404 valence electrons. The second-order valence-corrected chi connectivity index (χ2v) is 17.7. The number of hydrogen-bond donors (Lipinski definition) is 16. The monoisotopic (exact) mass is 1020 g/mol. The van der Waals surface area contributed by atoms with E-state index >= 15 is 0 Å². The van der Waals surface area contributed by atoms with E-state index in [1.54, 1.807) is 13.8 Å². The second kappa shape index (κ2) is 32.5. The molecule has 0 unspecified atom stereocenters. The molecule has 18 N–H and O–H groups in total. The zero-order valence-electron chi connectivity index (χ0n) is 41.4. The molecular weight excluding hydrogens is 945 g/mol. The van der Waals surface area contributed by atoms with Crippen molar-refractivity contribution in [3.63, 3.8) is 0 Å². The highest BCUT2D eigenvalue weighted by molar-refractivity contribution is 5.98. The summed E-state index contributed by atoms with van der Waals surface area (Å²) in [6.07, 6.45) is 3.21. The first kappa shape index (κ1) is 61.6. The Hall–Kier alpha value is -6.48. The van der Waals surface area contributed by atoms with E-state index in [2.05, 4.69) is 53.2 Å². The molecule has 0 spiro atoms. The third-order valence-electron chi connectivity index (χ3n) is 11.9. The topological polar surface area (TPSA) is 424 Å². The van der Waals surface area contributed by atoms with Gasteiger partial charge in [-0.15, -0.1) is 0 Å². The number of nitrogens with two attached hydrogens (primary N) is 2. The zero-order chi connectivity index (χ0) is 53.9. The normalized spacial score (nSPS) is 16.9. The number of aromatic hydroxyl groups is 1. The minimum absolute atomic E-state index is 0.0303. The molecule has 10 atom stereocenters. The first-order valence-electron chi connectivity index (χ1n) is 24.2. The number of amides is 9. The van der Waals surface area contributed by atoms with Crippen LogP contribution in [0.3, 0.4) is 0 Å². The van der Waals surface area contributed by atoms with E-state index < -0.39 is 133 Å². The lowest BCUT2D eigenvalue weighted by molar-refractivity contribution is -0.143. The lowest BCUT2D eigenvalue weighted by Gasteiger charge is -2.29. The van der Waals surface area contributed by atoms with E-state index in [0.29, 0.717) is 50.6 Å². The predicted molar refractivity (Wildman–Crippen MR) is 260 cm³/mol. The van der Waals surface area contributed by atoms with Gasteiger partial charge in [-0.25, -0.2) is 4.79 Å². The molecule has 26 nitrogen and oxygen atoms in total. The molecule has 26 heteroatoms. The number of rotatable bonds is 33. The van der Waals surface area contributed by atoms with E-state index in [1.807, 2.05) is 0 Å². The fourth-order valence-electron chi connectivity index (χ4n) is 7.28. The fourth-order valence-corrected chi connectivity index (χ4v) is 7.28. The number of carbonyl (C=O) groups excluding carboxylic acids is 9. The maximum absolute atomic E-state index is 14.0. The fraction of sp³-hybridized carbons (Fsp3) is 0.652. The Morgan fingerprint density at radius 1 is 0.625 bits per heavy atom. The van der Waals surface area contributed by atoms with Crippen LogP contribution in [-0.4, -0.2) is 173 Å². The number of aliphatic hydroxyl groups is 2. The minimum atomic E-state index is -1.71. The molecule has 0 aromatic heterocycles. The van der Waals surface area contributed by atoms with Crippen LogP contribution >= 0.6 is 0 Å². The molecule has 1 saturated heterocycles. The molecule has 1 aromatic rings. The van der Waals surface area contributed by atoms with E-state index in [0.717, 1.165) is 6.42 Å². The first-order chi connectivity index (χ1) is 34.2. The summed E-state index contributed by atoms with van der Waals surface area (Å²) in [5.74, 6) is -9.38. The van der Waals surface area contributed by atoms with Crippen molar-refractivity contribution in [1.29, 1.82) is 0 Å². The van der Waals surface area contributed by atoms with Gasteiger partial charge in [0.1, 0.15) is 54.1 Å². The van der Waals surface area contributed by atoms with Gasteiger partial charge in [-0.3, -0.25) is 43.2 Å². The van der Waals surface area contributed by atoms with Gasteiger partial charge in [0.15, 0.2) is 0 Å². The lowest BCUT2D eigenvalue weighted by Crippen LogP contribution is -2.61. The summed E-state index contributed by atoms with van der Waals surface area (Å²) in [6, 6.07) is -5.80. The molecule has 2 rings (SSSR count). The van der Waals surface area contributed by atoms with E-state index in [-0.39, 0.29) is 44.0 Å². The summed E-state index contributed by atoms with van der Waals surface area (Å²) in [5.41, 5.74) is 11.7. The Kier molecular flexibility index (Phi) is 27.8. The van der Waals surface area contributed by atoms with Gasteiger partial charge in [0.05, 0.1) is 25.8 Å². The molecule has 1 fully saturated rings. The van der Waals surface area contributed by atoms with Crippen molar-refractivity contribution in [2.24, 2.45) is 17.4 Å². The van der Waals surface area contributed by atoms with Crippen LogP contribution in [0.4, 0.5) is 0 Å². The van der Waals surface area contributed by atoms with Crippen molar-refractivity contribution < 1.29 is 68.4 Å². The number of hydrogen-bond acceptors (Lipinski definition) is 16. The van der Waals surface area contributed by atoms with Crippen LogP contribution in [-0.2, 0) is 54.4 Å². The lowest BCUT2D eigenvalue weighted by atomic mass is 9.97. The molecule has 1 heterocycles. The smallest absolute Gasteiger partial charge is 0.328 e. The Morgan fingerprint density at radius 3 is 1.64 bits per heavy atom. The number of phenols is 1. The highest BCUT2D eigenvalue weighted by atomic mass is 16.4. The summed E-state index contributed by atoms with van der Waals surface area (Å²) in [6.45, 7) is 4.85. The Morgan fingerprint density at radius 2 is 1.12 bits per heavy atom. The number of carbonyl (C=O) groups is 10. The second-order valence-electron chi connectivity index (χ2n) is 17.7. The molecule has 0 bridgehead atoms. The zero-order valence-corrected chi connectivity index (χ0v) is 41.4. The molecule has 0 saturated carbocycles. The third-order valence-corrected chi connectivity index (χ3v) is 11.9. The molecule has 72 heavy (non-hydrogen) atoms. The molecule has 0 aliphatic carbocycles. The van der Waals surface area contributed by atoms with Crippen LogP contribution in [0.25, 0.3) is 0 Å². The van der Waals surface area contributed by atoms with Crippen molar-refractivity contribution in [3.8, 4) is 5.75 Å². The van der Waals surface area contributed by atoms with Crippen LogP contribution in [0.15, 0.2) is 24.3 Å². The van der Waals surface area contributed by atoms with Crippen molar-refractivity contribution >= 4 is 59.1 Å². The van der Waals surface area contributed by atoms with Gasteiger partial charge in [-0.1, -0.05) is 32.4 Å². The molecule has 1 aliphatic heterocycles. The van der Waals surface area contributed by atoms with Gasteiger partial charge < -0.3 is 85.1 Å². The van der Waals surface area contributed by atoms with E-state index in [1.165, 1.54) is 38.1 Å². The van der Waals surface area contributed by atoms with Crippen molar-refractivity contribution in [1.82, 2.24) is 53.2 Å². The summed E-state index contributed by atoms with van der Waals surface area (Å²) in [5, 5.41) is 64.3. The van der Waals surface area contributed by atoms with Crippen LogP contribution in [0.5, 0.6) is 5.75 Å². The predicted octanol–water partition coefficient (Wildman–Crippen LogP) is -4.91. The number of benzene rings is 1. The largest absolute Gasteiger partial charge is 0.508 e. The van der Waals surface area contributed by atoms with E-state index in [9.17, 15) is 68.4 Å². The summed E-state index contributed by atoms with van der Waals surface area (Å²) in [4.78, 5) is 131. The SMILES string of the molecule is CC[C@H](C)[C@H](NC(=O)[C@H](CO)NC(=O)[C@H](Cc1ccc(O)cc1)NC(=O)[C@H](C)NC(=O)CNC(=O)[C@@H](C)NC(=O)[C@@H]1CCCN1)C(=O)N[C@@H](CCCCN)C(=O)N[C@@H](CCCCN)C(=O)N[C@@H](CO)C(=O)O. The molecule has 1 aliphatic rings. The average molecular weight is 1020 g/mol. The quantitative estimate of drug-likeness (QED) is 0.0294. The number of unbranched alkanes of at least 4 members (excludes halogenated alkanes) is 2. The van der Waals surface area contributed by atoms with Gasteiger partial charge in [-0.05, 0) is 108 Å². The highest BCUT2D eigenvalue weighted by Crippen LogP contribution is 2.14. The molecule has 9 amide bonds. The molecular formula is C46H76N12O14. The Bertz CT molecular complexity index is 1970. The number of carboxylic acid groups (broad SMARTS) is 1. The van der Waals surface area contributed by atoms with Gasteiger partial charge in [0, 0.05) is 6.42 Å². The van der Waals surface area contributed by atoms with Crippen LogP contribution < -0.4 is 64.6 Å². The number of phenolic OH excluding ortho intramolecular Hbond substituents is 1. The molecule has 0 radical (unpaired) electrons. The van der Waals surface area contributed by atoms with Crippen molar-refractivity contribution in [2.45, 2.75) is 146 Å². The average Bonchev–Trinajstić information content (AvgIpc) is 3.90. The number of aliphatic carboxylic acids is 1. The maximum Gasteiger partial charge on any atom is 0.328 e. The van der Waals surface area contributed by atoms with Crippen LogP contribution in [0, 0.1) is 5.92 Å². The Balaban J connectivity index is 2.24. The van der Waals surface area contributed by atoms with Gasteiger partial charge >= 0.3 is 5.97 Å². The first-order valence-corrected chi connectivity index (χ1v) is 24.2. The highest BCUT2D eigenvalue weighted by Gasteiger charge is 2.35. The number of carboxylic acids is 1. The van der Waals surface area contributed by atoms with Crippen molar-refractivity contribution in [2.75, 3.05) is 39.4 Å². The maximum atomic E-state index is 14.0. The van der Waals surface area contributed by atoms with E-state index in [4.69, 9.17) is 11.5 Å². The number of nitrogens with one attached hydrogen (secondary N) is 10. The summed E-state index contributed by atoms with van der Waals surface area (Å²) in [7, 11) is 0. The summed E-state index contributed by atoms with van der Waals surface area (Å²) >= 11 is 0. The summed E-state index contributed by atoms with van der Waals surface area (Å²) < 4.78 is 0. The minimum Gasteiger partial charge on any atom is -0.508 e. The third kappa shape index (κ3) is 21.5. The van der Waals surface area contributed by atoms with Crippen LogP contribution in [0.2, 0.25) is 0 Å².